The van der Waals surface area contributed by atoms with Crippen LogP contribution in [0.3, 0.4) is 0 Å². The fourth-order valence-corrected chi connectivity index (χ4v) is 2.92. The number of amides is 1. The smallest absolute Gasteiger partial charge is 0.229 e. The van der Waals surface area contributed by atoms with Gasteiger partial charge in [-0.2, -0.15) is 11.8 Å². The van der Waals surface area contributed by atoms with Crippen LogP contribution in [0.25, 0.3) is 0 Å². The Kier molecular flexibility index (Phi) is 5.80. The standard InChI is InChI=1S/C13H26N2OS/c1-11(6-9-17-4)15(3)12(16)13(2)7-5-8-14-10-13/h11,14H,5-10H2,1-4H3. The van der Waals surface area contributed by atoms with Crippen molar-refractivity contribution in [2.45, 2.75) is 39.2 Å². The predicted octanol–water partition coefficient (Wildman–Crippen LogP) is 1.98. The highest BCUT2D eigenvalue weighted by molar-refractivity contribution is 7.98. The molecular weight excluding hydrogens is 232 g/mol. The largest absolute Gasteiger partial charge is 0.343 e. The SMILES string of the molecule is CSCCC(C)N(C)C(=O)C1(C)CCCNC1. The number of hydrogen-bond donors (Lipinski definition) is 1. The molecule has 0 aromatic heterocycles. The number of nitrogens with zero attached hydrogens (tertiary/aromatic N) is 1. The summed E-state index contributed by atoms with van der Waals surface area (Å²) in [5.41, 5.74) is -0.194. The van der Waals surface area contributed by atoms with E-state index in [1.807, 2.05) is 23.7 Å². The molecule has 100 valence electrons. The molecule has 1 heterocycles. The zero-order valence-corrected chi connectivity index (χ0v) is 12.4. The Morgan fingerprint density at radius 2 is 2.29 bits per heavy atom. The van der Waals surface area contributed by atoms with E-state index in [1.54, 1.807) is 0 Å². The third kappa shape index (κ3) is 3.88. The molecule has 1 saturated heterocycles. The van der Waals surface area contributed by atoms with Crippen molar-refractivity contribution in [3.05, 3.63) is 0 Å². The van der Waals surface area contributed by atoms with Gasteiger partial charge in [-0.3, -0.25) is 4.79 Å². The van der Waals surface area contributed by atoms with Gasteiger partial charge in [-0.15, -0.1) is 0 Å². The van der Waals surface area contributed by atoms with Crippen molar-refractivity contribution in [1.82, 2.24) is 10.2 Å². The van der Waals surface area contributed by atoms with Gasteiger partial charge in [0.15, 0.2) is 0 Å². The molecule has 1 aliphatic heterocycles. The van der Waals surface area contributed by atoms with Gasteiger partial charge < -0.3 is 10.2 Å². The van der Waals surface area contributed by atoms with Crippen LogP contribution >= 0.6 is 11.8 Å². The van der Waals surface area contributed by atoms with Crippen molar-refractivity contribution in [3.63, 3.8) is 0 Å². The summed E-state index contributed by atoms with van der Waals surface area (Å²) in [4.78, 5) is 14.5. The van der Waals surface area contributed by atoms with Gasteiger partial charge in [-0.25, -0.2) is 0 Å². The van der Waals surface area contributed by atoms with Crippen LogP contribution in [0.2, 0.25) is 0 Å². The molecule has 1 aliphatic rings. The van der Waals surface area contributed by atoms with Gasteiger partial charge in [0.25, 0.3) is 0 Å². The Morgan fingerprint density at radius 1 is 1.59 bits per heavy atom. The Hall–Kier alpha value is -0.220. The van der Waals surface area contributed by atoms with Crippen LogP contribution < -0.4 is 5.32 Å². The maximum Gasteiger partial charge on any atom is 0.229 e. The van der Waals surface area contributed by atoms with Crippen molar-refractivity contribution in [1.29, 1.82) is 0 Å². The lowest BCUT2D eigenvalue weighted by Crippen LogP contribution is -2.51. The Morgan fingerprint density at radius 3 is 2.82 bits per heavy atom. The van der Waals surface area contributed by atoms with Gasteiger partial charge in [-0.1, -0.05) is 0 Å². The van der Waals surface area contributed by atoms with Crippen molar-refractivity contribution in [2.75, 3.05) is 32.1 Å². The van der Waals surface area contributed by atoms with Crippen LogP contribution in [0, 0.1) is 5.41 Å². The molecule has 3 nitrogen and oxygen atoms in total. The van der Waals surface area contributed by atoms with Gasteiger partial charge in [0, 0.05) is 19.6 Å². The van der Waals surface area contributed by atoms with Gasteiger partial charge in [0.1, 0.15) is 0 Å². The Bertz CT molecular complexity index is 252. The zero-order valence-electron chi connectivity index (χ0n) is 11.6. The van der Waals surface area contributed by atoms with E-state index in [2.05, 4.69) is 25.4 Å². The average Bonchev–Trinajstić information content (AvgIpc) is 2.35. The van der Waals surface area contributed by atoms with E-state index in [1.165, 1.54) is 0 Å². The van der Waals surface area contributed by atoms with Crippen molar-refractivity contribution >= 4 is 17.7 Å². The topological polar surface area (TPSA) is 32.3 Å². The highest BCUT2D eigenvalue weighted by Crippen LogP contribution is 2.28. The van der Waals surface area contributed by atoms with Crippen molar-refractivity contribution < 1.29 is 4.79 Å². The highest BCUT2D eigenvalue weighted by atomic mass is 32.2. The Balaban J connectivity index is 2.55. The molecule has 1 rings (SSSR count). The molecule has 0 bridgehead atoms. The van der Waals surface area contributed by atoms with Crippen LogP contribution in [-0.4, -0.2) is 49.0 Å². The molecular formula is C13H26N2OS. The summed E-state index contributed by atoms with van der Waals surface area (Å²) in [5, 5.41) is 3.34. The second kappa shape index (κ2) is 6.64. The summed E-state index contributed by atoms with van der Waals surface area (Å²) < 4.78 is 0. The molecule has 1 N–H and O–H groups in total. The van der Waals surface area contributed by atoms with Crippen LogP contribution in [-0.2, 0) is 4.79 Å². The quantitative estimate of drug-likeness (QED) is 0.818. The maximum absolute atomic E-state index is 12.5. The minimum Gasteiger partial charge on any atom is -0.343 e. The van der Waals surface area contributed by atoms with Crippen LogP contribution in [0.4, 0.5) is 0 Å². The van der Waals surface area contributed by atoms with E-state index in [0.29, 0.717) is 11.9 Å². The summed E-state index contributed by atoms with van der Waals surface area (Å²) >= 11 is 1.84. The molecule has 2 unspecified atom stereocenters. The van der Waals surface area contributed by atoms with Crippen LogP contribution in [0.5, 0.6) is 0 Å². The molecule has 4 heteroatoms. The summed E-state index contributed by atoms with van der Waals surface area (Å²) in [6, 6.07) is 0.341. The van der Waals surface area contributed by atoms with E-state index in [4.69, 9.17) is 0 Å². The minimum absolute atomic E-state index is 0.194. The molecule has 0 aliphatic carbocycles. The third-order valence-corrected chi connectivity index (χ3v) is 4.48. The van der Waals surface area contributed by atoms with Gasteiger partial charge in [-0.05, 0) is 51.7 Å². The number of rotatable bonds is 5. The molecule has 0 saturated carbocycles. The van der Waals surface area contributed by atoms with Crippen molar-refractivity contribution in [2.24, 2.45) is 5.41 Å². The number of carbonyl (C=O) groups excluding carboxylic acids is 1. The average molecular weight is 258 g/mol. The monoisotopic (exact) mass is 258 g/mol. The Labute approximate surface area is 110 Å². The number of nitrogens with one attached hydrogen (secondary N) is 1. The van der Waals surface area contributed by atoms with E-state index < -0.39 is 0 Å². The normalized spacial score (nSPS) is 26.6. The number of carbonyl (C=O) groups is 1. The molecule has 0 aromatic carbocycles. The van der Waals surface area contributed by atoms with Gasteiger partial charge in [0.05, 0.1) is 5.41 Å². The lowest BCUT2D eigenvalue weighted by molar-refractivity contribution is -0.142. The van der Waals surface area contributed by atoms with Gasteiger partial charge in [0.2, 0.25) is 5.91 Å². The first kappa shape index (κ1) is 14.8. The molecule has 1 fully saturated rings. The first-order chi connectivity index (χ1) is 8.01. The second-order valence-electron chi connectivity index (χ2n) is 5.39. The lowest BCUT2D eigenvalue weighted by atomic mass is 9.81. The fraction of sp³-hybridized carbons (Fsp3) is 0.923. The van der Waals surface area contributed by atoms with Crippen LogP contribution in [0.15, 0.2) is 0 Å². The number of piperidine rings is 1. The number of hydrogen-bond acceptors (Lipinski definition) is 3. The van der Waals surface area contributed by atoms with E-state index in [-0.39, 0.29) is 5.41 Å². The summed E-state index contributed by atoms with van der Waals surface area (Å²) in [6.07, 6.45) is 5.31. The zero-order chi connectivity index (χ0) is 12.9. The molecule has 0 aromatic rings. The molecule has 2 atom stereocenters. The van der Waals surface area contributed by atoms with Gasteiger partial charge >= 0.3 is 0 Å². The maximum atomic E-state index is 12.5. The highest BCUT2D eigenvalue weighted by Gasteiger charge is 2.37. The van der Waals surface area contributed by atoms with E-state index >= 15 is 0 Å². The van der Waals surface area contributed by atoms with Crippen LogP contribution in [0.1, 0.15) is 33.1 Å². The summed E-state index contributed by atoms with van der Waals surface area (Å²) in [6.45, 7) is 6.12. The van der Waals surface area contributed by atoms with Crippen molar-refractivity contribution in [3.8, 4) is 0 Å². The molecule has 17 heavy (non-hydrogen) atoms. The van der Waals surface area contributed by atoms with E-state index in [9.17, 15) is 4.79 Å². The second-order valence-corrected chi connectivity index (χ2v) is 6.37. The first-order valence-corrected chi connectivity index (χ1v) is 7.87. The fourth-order valence-electron chi connectivity index (χ4n) is 2.35. The minimum atomic E-state index is -0.194. The predicted molar refractivity (Wildman–Crippen MR) is 75.4 cm³/mol. The number of thioether (sulfide) groups is 1. The lowest BCUT2D eigenvalue weighted by Gasteiger charge is -2.38. The molecule has 1 amide bonds. The third-order valence-electron chi connectivity index (χ3n) is 3.83. The summed E-state index contributed by atoms with van der Waals surface area (Å²) in [7, 11) is 1.95. The van der Waals surface area contributed by atoms with E-state index in [0.717, 1.165) is 38.1 Å². The molecule has 0 radical (unpaired) electrons. The first-order valence-electron chi connectivity index (χ1n) is 6.48. The molecule has 0 spiro atoms. The summed E-state index contributed by atoms with van der Waals surface area (Å²) in [5.74, 6) is 1.42.